The van der Waals surface area contributed by atoms with Gasteiger partial charge in [0.2, 0.25) is 0 Å². The van der Waals surface area contributed by atoms with Gasteiger partial charge in [-0.05, 0) is 35.4 Å². The average molecular weight is 273 g/mol. The van der Waals surface area contributed by atoms with E-state index in [1.807, 2.05) is 36.4 Å². The highest BCUT2D eigenvalue weighted by atomic mass is 16.5. The molecule has 106 valence electrons. The number of hydrogen-bond donors (Lipinski definition) is 1. The Kier molecular flexibility index (Phi) is 4.48. The number of rotatable bonds is 5. The van der Waals surface area contributed by atoms with Crippen LogP contribution in [0.1, 0.15) is 5.56 Å². The monoisotopic (exact) mass is 273 g/mol. The maximum absolute atomic E-state index is 5.74. The van der Waals surface area contributed by atoms with E-state index in [9.17, 15) is 0 Å². The number of benzene rings is 2. The molecular formula is C16H19NO3. The summed E-state index contributed by atoms with van der Waals surface area (Å²) < 4.78 is 16.0. The SMILES string of the molecule is COc1ccc(-c2cc(CN)cc(OC)c2OC)cc1. The van der Waals surface area contributed by atoms with Crippen LogP contribution >= 0.6 is 0 Å². The van der Waals surface area contributed by atoms with E-state index >= 15 is 0 Å². The van der Waals surface area contributed by atoms with Crippen LogP contribution in [-0.4, -0.2) is 21.3 Å². The molecule has 0 aliphatic heterocycles. The normalized spacial score (nSPS) is 10.2. The fraction of sp³-hybridized carbons (Fsp3) is 0.250. The van der Waals surface area contributed by atoms with Crippen LogP contribution < -0.4 is 19.9 Å². The van der Waals surface area contributed by atoms with Crippen LogP contribution in [0, 0.1) is 0 Å². The topological polar surface area (TPSA) is 53.7 Å². The van der Waals surface area contributed by atoms with Crippen LogP contribution in [0.3, 0.4) is 0 Å². The highest BCUT2D eigenvalue weighted by Crippen LogP contribution is 2.39. The second-order valence-electron chi connectivity index (χ2n) is 4.31. The van der Waals surface area contributed by atoms with Gasteiger partial charge in [0.15, 0.2) is 11.5 Å². The molecule has 0 saturated heterocycles. The summed E-state index contributed by atoms with van der Waals surface area (Å²) in [6.07, 6.45) is 0. The molecule has 2 aromatic carbocycles. The van der Waals surface area contributed by atoms with Crippen LogP contribution in [0.5, 0.6) is 17.2 Å². The minimum atomic E-state index is 0.448. The number of ether oxygens (including phenoxy) is 3. The van der Waals surface area contributed by atoms with E-state index in [2.05, 4.69) is 0 Å². The summed E-state index contributed by atoms with van der Waals surface area (Å²) >= 11 is 0. The summed E-state index contributed by atoms with van der Waals surface area (Å²) in [5.74, 6) is 2.20. The smallest absolute Gasteiger partial charge is 0.168 e. The van der Waals surface area contributed by atoms with Crippen molar-refractivity contribution in [3.05, 3.63) is 42.0 Å². The molecule has 0 atom stereocenters. The molecular weight excluding hydrogens is 254 g/mol. The summed E-state index contributed by atoms with van der Waals surface area (Å²) in [5, 5.41) is 0. The molecule has 2 rings (SSSR count). The first-order chi connectivity index (χ1) is 9.73. The Morgan fingerprint density at radius 2 is 1.60 bits per heavy atom. The number of hydrogen-bond acceptors (Lipinski definition) is 4. The summed E-state index contributed by atoms with van der Waals surface area (Å²) in [6.45, 7) is 0.448. The Bertz CT molecular complexity index is 579. The third-order valence-electron chi connectivity index (χ3n) is 3.18. The van der Waals surface area contributed by atoms with Gasteiger partial charge in [0.1, 0.15) is 5.75 Å². The first kappa shape index (κ1) is 14.2. The van der Waals surface area contributed by atoms with Gasteiger partial charge in [0, 0.05) is 12.1 Å². The zero-order valence-electron chi connectivity index (χ0n) is 12.0. The van der Waals surface area contributed by atoms with Crippen LogP contribution in [-0.2, 0) is 6.54 Å². The number of methoxy groups -OCH3 is 3. The van der Waals surface area contributed by atoms with Gasteiger partial charge in [0.05, 0.1) is 21.3 Å². The highest BCUT2D eigenvalue weighted by Gasteiger charge is 2.13. The molecule has 4 heteroatoms. The van der Waals surface area contributed by atoms with Gasteiger partial charge in [-0.3, -0.25) is 0 Å². The van der Waals surface area contributed by atoms with Crippen molar-refractivity contribution in [1.29, 1.82) is 0 Å². The fourth-order valence-electron chi connectivity index (χ4n) is 2.12. The van der Waals surface area contributed by atoms with Crippen molar-refractivity contribution < 1.29 is 14.2 Å². The largest absolute Gasteiger partial charge is 0.497 e. The van der Waals surface area contributed by atoms with Gasteiger partial charge in [0.25, 0.3) is 0 Å². The Morgan fingerprint density at radius 1 is 0.900 bits per heavy atom. The summed E-state index contributed by atoms with van der Waals surface area (Å²) in [4.78, 5) is 0. The Hall–Kier alpha value is -2.20. The molecule has 0 saturated carbocycles. The average Bonchev–Trinajstić information content (AvgIpc) is 2.53. The molecule has 0 bridgehead atoms. The van der Waals surface area contributed by atoms with E-state index in [4.69, 9.17) is 19.9 Å². The van der Waals surface area contributed by atoms with Crippen molar-refractivity contribution in [3.63, 3.8) is 0 Å². The molecule has 0 spiro atoms. The van der Waals surface area contributed by atoms with Gasteiger partial charge < -0.3 is 19.9 Å². The second-order valence-corrected chi connectivity index (χ2v) is 4.31. The predicted molar refractivity (Wildman–Crippen MR) is 79.4 cm³/mol. The van der Waals surface area contributed by atoms with Crippen molar-refractivity contribution in [3.8, 4) is 28.4 Å². The van der Waals surface area contributed by atoms with Crippen LogP contribution in [0.15, 0.2) is 36.4 Å². The first-order valence-corrected chi connectivity index (χ1v) is 6.32. The molecule has 0 aliphatic rings. The van der Waals surface area contributed by atoms with Gasteiger partial charge in [-0.15, -0.1) is 0 Å². The predicted octanol–water partition coefficient (Wildman–Crippen LogP) is 2.84. The van der Waals surface area contributed by atoms with Gasteiger partial charge >= 0.3 is 0 Å². The summed E-state index contributed by atoms with van der Waals surface area (Å²) in [5.41, 5.74) is 8.71. The summed E-state index contributed by atoms with van der Waals surface area (Å²) in [7, 11) is 4.90. The van der Waals surface area contributed by atoms with E-state index in [-0.39, 0.29) is 0 Å². The Labute approximate surface area is 119 Å². The van der Waals surface area contributed by atoms with Crippen LogP contribution in [0.2, 0.25) is 0 Å². The lowest BCUT2D eigenvalue weighted by atomic mass is 10.0. The highest BCUT2D eigenvalue weighted by molar-refractivity contribution is 5.75. The van der Waals surface area contributed by atoms with Crippen molar-refractivity contribution in [2.75, 3.05) is 21.3 Å². The molecule has 2 N–H and O–H groups in total. The van der Waals surface area contributed by atoms with E-state index < -0.39 is 0 Å². The number of nitrogens with two attached hydrogens (primary N) is 1. The minimum absolute atomic E-state index is 0.448. The van der Waals surface area contributed by atoms with Crippen molar-refractivity contribution >= 4 is 0 Å². The van der Waals surface area contributed by atoms with Crippen molar-refractivity contribution in [2.45, 2.75) is 6.54 Å². The van der Waals surface area contributed by atoms with E-state index in [1.165, 1.54) is 0 Å². The van der Waals surface area contributed by atoms with Crippen LogP contribution in [0.25, 0.3) is 11.1 Å². The van der Waals surface area contributed by atoms with Gasteiger partial charge in [-0.25, -0.2) is 0 Å². The molecule has 2 aromatic rings. The standard InChI is InChI=1S/C16H19NO3/c1-18-13-6-4-12(5-7-13)14-8-11(10-17)9-15(19-2)16(14)20-3/h4-9H,10,17H2,1-3H3. The quantitative estimate of drug-likeness (QED) is 0.910. The first-order valence-electron chi connectivity index (χ1n) is 6.32. The molecule has 0 aromatic heterocycles. The van der Waals surface area contributed by atoms with Crippen molar-refractivity contribution in [2.24, 2.45) is 5.73 Å². The fourth-order valence-corrected chi connectivity index (χ4v) is 2.12. The van der Waals surface area contributed by atoms with E-state index in [1.54, 1.807) is 21.3 Å². The zero-order valence-corrected chi connectivity index (χ0v) is 12.0. The van der Waals surface area contributed by atoms with Crippen molar-refractivity contribution in [1.82, 2.24) is 0 Å². The molecule has 0 amide bonds. The molecule has 0 fully saturated rings. The molecule has 0 aliphatic carbocycles. The lowest BCUT2D eigenvalue weighted by Crippen LogP contribution is -2.00. The molecule has 0 radical (unpaired) electrons. The third kappa shape index (κ3) is 2.70. The lowest BCUT2D eigenvalue weighted by Gasteiger charge is -2.15. The van der Waals surface area contributed by atoms with Crippen LogP contribution in [0.4, 0.5) is 0 Å². The third-order valence-corrected chi connectivity index (χ3v) is 3.18. The van der Waals surface area contributed by atoms with Gasteiger partial charge in [-0.1, -0.05) is 12.1 Å². The van der Waals surface area contributed by atoms with Gasteiger partial charge in [-0.2, -0.15) is 0 Å². The summed E-state index contributed by atoms with van der Waals surface area (Å²) in [6, 6.07) is 11.7. The Morgan fingerprint density at radius 3 is 2.10 bits per heavy atom. The van der Waals surface area contributed by atoms with E-state index in [0.29, 0.717) is 18.0 Å². The second kappa shape index (κ2) is 6.30. The Balaban J connectivity index is 2.57. The minimum Gasteiger partial charge on any atom is -0.497 e. The van der Waals surface area contributed by atoms with E-state index in [0.717, 1.165) is 22.4 Å². The molecule has 4 nitrogen and oxygen atoms in total. The maximum Gasteiger partial charge on any atom is 0.168 e. The maximum atomic E-state index is 5.74. The zero-order chi connectivity index (χ0) is 14.5. The molecule has 0 unspecified atom stereocenters. The molecule has 20 heavy (non-hydrogen) atoms. The lowest BCUT2D eigenvalue weighted by molar-refractivity contribution is 0.355. The molecule has 0 heterocycles.